The van der Waals surface area contributed by atoms with Gasteiger partial charge in [0.2, 0.25) is 0 Å². The number of halogens is 1. The summed E-state index contributed by atoms with van der Waals surface area (Å²) in [6.07, 6.45) is 9.27. The van der Waals surface area contributed by atoms with Gasteiger partial charge in [-0.05, 0) is 42.9 Å². The molecule has 0 amide bonds. The van der Waals surface area contributed by atoms with Crippen molar-refractivity contribution in [2.75, 3.05) is 26.2 Å². The van der Waals surface area contributed by atoms with Crippen molar-refractivity contribution in [3.63, 3.8) is 0 Å². The maximum atomic E-state index is 6.42. The van der Waals surface area contributed by atoms with Gasteiger partial charge in [-0.15, -0.1) is 0 Å². The molecular weight excluding hydrogens is 364 g/mol. The van der Waals surface area contributed by atoms with Crippen molar-refractivity contribution in [3.8, 4) is 0 Å². The Morgan fingerprint density at radius 1 is 0.821 bits per heavy atom. The molecule has 2 nitrogen and oxygen atoms in total. The van der Waals surface area contributed by atoms with Crippen molar-refractivity contribution in [2.45, 2.75) is 57.0 Å². The van der Waals surface area contributed by atoms with Crippen molar-refractivity contribution in [1.29, 1.82) is 0 Å². The molecular formula is C25H33ClN2. The van der Waals surface area contributed by atoms with E-state index in [9.17, 15) is 0 Å². The molecule has 1 aliphatic carbocycles. The largest absolute Gasteiger partial charge is 0.298 e. The monoisotopic (exact) mass is 396 g/mol. The fourth-order valence-corrected chi connectivity index (χ4v) is 5.32. The summed E-state index contributed by atoms with van der Waals surface area (Å²) in [5, 5.41) is 0.899. The van der Waals surface area contributed by atoms with Crippen LogP contribution in [0.15, 0.2) is 54.6 Å². The molecule has 0 spiro atoms. The highest BCUT2D eigenvalue weighted by molar-refractivity contribution is 6.31. The van der Waals surface area contributed by atoms with Crippen molar-refractivity contribution in [2.24, 2.45) is 0 Å². The predicted molar refractivity (Wildman–Crippen MR) is 119 cm³/mol. The third-order valence-electron chi connectivity index (χ3n) is 6.71. The minimum absolute atomic E-state index is 0.478. The van der Waals surface area contributed by atoms with E-state index in [4.69, 9.17) is 11.6 Å². The van der Waals surface area contributed by atoms with Gasteiger partial charge in [-0.1, -0.05) is 79.4 Å². The Bertz CT molecular complexity index is 718. The summed E-state index contributed by atoms with van der Waals surface area (Å²) in [5.74, 6) is 0. The molecule has 1 saturated carbocycles. The van der Waals surface area contributed by atoms with E-state index in [0.29, 0.717) is 6.04 Å². The van der Waals surface area contributed by atoms with Crippen LogP contribution in [0.2, 0.25) is 5.02 Å². The van der Waals surface area contributed by atoms with Crippen LogP contribution in [0.3, 0.4) is 0 Å². The van der Waals surface area contributed by atoms with Gasteiger partial charge < -0.3 is 0 Å². The zero-order chi connectivity index (χ0) is 19.2. The summed E-state index contributed by atoms with van der Waals surface area (Å²) in [6.45, 7) is 4.80. The maximum absolute atomic E-state index is 6.42. The first-order chi connectivity index (χ1) is 13.8. The molecule has 2 aromatic rings. The number of hydrogen-bond donors (Lipinski definition) is 0. The molecule has 0 radical (unpaired) electrons. The number of aryl methyl sites for hydroxylation is 1. The standard InChI is InChI=1S/C25H33ClN2/c26-24-14-8-7-9-21(24)15-16-25(22-10-3-1-4-11-22)28-19-17-27(18-20-28)23-12-5-2-6-13-23/h1,3-4,7-11,14,23,25H,2,5-6,12-13,15-20H2. The Morgan fingerprint density at radius 2 is 1.50 bits per heavy atom. The lowest BCUT2D eigenvalue weighted by Gasteiger charge is -2.43. The third kappa shape index (κ3) is 4.97. The average molecular weight is 397 g/mol. The van der Waals surface area contributed by atoms with Crippen LogP contribution in [0, 0.1) is 0 Å². The number of nitrogens with zero attached hydrogens (tertiary/aromatic N) is 2. The van der Waals surface area contributed by atoms with Crippen molar-refractivity contribution in [3.05, 3.63) is 70.7 Å². The van der Waals surface area contributed by atoms with Gasteiger partial charge in [0.25, 0.3) is 0 Å². The summed E-state index contributed by atoms with van der Waals surface area (Å²) in [6, 6.07) is 20.7. The van der Waals surface area contributed by atoms with Crippen molar-refractivity contribution in [1.82, 2.24) is 9.80 Å². The van der Waals surface area contributed by atoms with E-state index in [-0.39, 0.29) is 0 Å². The molecule has 0 aromatic heterocycles. The normalized spacial score (nSPS) is 20.9. The minimum Gasteiger partial charge on any atom is -0.298 e. The van der Waals surface area contributed by atoms with Gasteiger partial charge in [0.1, 0.15) is 0 Å². The van der Waals surface area contributed by atoms with E-state index in [1.807, 2.05) is 12.1 Å². The average Bonchev–Trinajstić information content (AvgIpc) is 2.77. The predicted octanol–water partition coefficient (Wildman–Crippen LogP) is 5.96. The lowest BCUT2D eigenvalue weighted by molar-refractivity contribution is 0.0538. The zero-order valence-corrected chi connectivity index (χ0v) is 17.7. The highest BCUT2D eigenvalue weighted by Crippen LogP contribution is 2.30. The topological polar surface area (TPSA) is 6.48 Å². The van der Waals surface area contributed by atoms with Gasteiger partial charge in [-0.25, -0.2) is 0 Å². The van der Waals surface area contributed by atoms with Gasteiger partial charge in [0.05, 0.1) is 0 Å². The molecule has 0 N–H and O–H groups in total. The fourth-order valence-electron chi connectivity index (χ4n) is 5.09. The highest BCUT2D eigenvalue weighted by Gasteiger charge is 2.28. The molecule has 1 unspecified atom stereocenters. The first kappa shape index (κ1) is 19.9. The number of piperazine rings is 1. The minimum atomic E-state index is 0.478. The summed E-state index contributed by atoms with van der Waals surface area (Å²) in [4.78, 5) is 5.48. The summed E-state index contributed by atoms with van der Waals surface area (Å²) >= 11 is 6.42. The Kier molecular flexibility index (Phi) is 7.06. The summed E-state index contributed by atoms with van der Waals surface area (Å²) in [5.41, 5.74) is 2.71. The van der Waals surface area contributed by atoms with Crippen LogP contribution in [-0.4, -0.2) is 42.0 Å². The SMILES string of the molecule is Clc1ccccc1CCC(c1ccccc1)N1CCN(C2CCCCC2)CC1. The Morgan fingerprint density at radius 3 is 2.21 bits per heavy atom. The van der Waals surface area contributed by atoms with Gasteiger partial charge >= 0.3 is 0 Å². The lowest BCUT2D eigenvalue weighted by atomic mass is 9.93. The van der Waals surface area contributed by atoms with E-state index in [1.165, 1.54) is 69.4 Å². The quantitative estimate of drug-likeness (QED) is 0.593. The van der Waals surface area contributed by atoms with Crippen LogP contribution in [-0.2, 0) is 6.42 Å². The molecule has 1 atom stereocenters. The van der Waals surface area contributed by atoms with Gasteiger partial charge in [-0.3, -0.25) is 9.80 Å². The van der Waals surface area contributed by atoms with Crippen LogP contribution in [0.5, 0.6) is 0 Å². The van der Waals surface area contributed by atoms with Crippen LogP contribution >= 0.6 is 11.6 Å². The van der Waals surface area contributed by atoms with Crippen molar-refractivity contribution < 1.29 is 0 Å². The molecule has 4 rings (SSSR count). The van der Waals surface area contributed by atoms with Crippen LogP contribution in [0.4, 0.5) is 0 Å². The van der Waals surface area contributed by atoms with Gasteiger partial charge in [0.15, 0.2) is 0 Å². The van der Waals surface area contributed by atoms with Crippen molar-refractivity contribution >= 4 is 11.6 Å². The smallest absolute Gasteiger partial charge is 0.0437 e. The first-order valence-corrected chi connectivity index (χ1v) is 11.5. The van der Waals surface area contributed by atoms with Gasteiger partial charge in [-0.2, -0.15) is 0 Å². The van der Waals surface area contributed by atoms with Crippen LogP contribution in [0.25, 0.3) is 0 Å². The van der Waals surface area contributed by atoms with E-state index in [1.54, 1.807) is 0 Å². The van der Waals surface area contributed by atoms with Crippen LogP contribution in [0.1, 0.15) is 55.7 Å². The van der Waals surface area contributed by atoms with Crippen LogP contribution < -0.4 is 0 Å². The summed E-state index contributed by atoms with van der Waals surface area (Å²) in [7, 11) is 0. The molecule has 3 heteroatoms. The maximum Gasteiger partial charge on any atom is 0.0437 e. The summed E-state index contributed by atoms with van der Waals surface area (Å²) < 4.78 is 0. The first-order valence-electron chi connectivity index (χ1n) is 11.1. The molecule has 28 heavy (non-hydrogen) atoms. The second kappa shape index (κ2) is 9.91. The molecule has 150 valence electrons. The number of benzene rings is 2. The number of rotatable bonds is 6. The second-order valence-corrected chi connectivity index (χ2v) is 8.83. The Labute approximate surface area is 175 Å². The van der Waals surface area contributed by atoms with Gasteiger partial charge in [0, 0.05) is 43.3 Å². The molecule has 2 aliphatic rings. The van der Waals surface area contributed by atoms with E-state index < -0.39 is 0 Å². The number of hydrogen-bond acceptors (Lipinski definition) is 2. The molecule has 1 heterocycles. The molecule has 2 aromatic carbocycles. The second-order valence-electron chi connectivity index (χ2n) is 8.42. The highest BCUT2D eigenvalue weighted by atomic mass is 35.5. The molecule has 1 aliphatic heterocycles. The van der Waals surface area contributed by atoms with E-state index in [0.717, 1.165) is 23.9 Å². The Hall–Kier alpha value is -1.35. The Balaban J connectivity index is 1.42. The zero-order valence-electron chi connectivity index (χ0n) is 16.9. The lowest BCUT2D eigenvalue weighted by Crippen LogP contribution is -2.51. The molecule has 0 bridgehead atoms. The van der Waals surface area contributed by atoms with E-state index in [2.05, 4.69) is 52.3 Å². The third-order valence-corrected chi connectivity index (χ3v) is 7.08. The van der Waals surface area contributed by atoms with E-state index >= 15 is 0 Å². The molecule has 2 fully saturated rings. The fraction of sp³-hybridized carbons (Fsp3) is 0.520. The molecule has 1 saturated heterocycles.